The lowest BCUT2D eigenvalue weighted by atomic mass is 10.0. The average Bonchev–Trinajstić information content (AvgIpc) is 2.54. The van der Waals surface area contributed by atoms with Crippen LogP contribution in [-0.2, 0) is 4.79 Å². The van der Waals surface area contributed by atoms with Crippen LogP contribution in [0.2, 0.25) is 0 Å². The maximum absolute atomic E-state index is 12.1. The van der Waals surface area contributed by atoms with Crippen molar-refractivity contribution in [1.82, 2.24) is 5.32 Å². The molecule has 1 fully saturated rings. The maximum Gasteiger partial charge on any atom is 0.241 e. The molecule has 1 aromatic rings. The van der Waals surface area contributed by atoms with Gasteiger partial charge < -0.3 is 20.6 Å². The molecule has 0 spiro atoms. The van der Waals surface area contributed by atoms with E-state index in [-0.39, 0.29) is 18.6 Å². The minimum absolute atomic E-state index is 0.0464. The third-order valence-corrected chi connectivity index (χ3v) is 3.88. The lowest BCUT2D eigenvalue weighted by Crippen LogP contribution is -2.43. The fourth-order valence-electron chi connectivity index (χ4n) is 2.65. The van der Waals surface area contributed by atoms with Gasteiger partial charge >= 0.3 is 0 Å². The fraction of sp³-hybridized carbons (Fsp3) is 0.562. The second kappa shape index (κ2) is 8.00. The van der Waals surface area contributed by atoms with Crippen molar-refractivity contribution in [2.75, 3.05) is 36.5 Å². The Hall–Kier alpha value is -1.59. The van der Waals surface area contributed by atoms with Crippen molar-refractivity contribution >= 4 is 17.3 Å². The SMILES string of the molecule is CCN(CCO)c1ccc(NC(=O)[C@H]2CCCCN2)cc1. The van der Waals surface area contributed by atoms with Crippen LogP contribution in [0.4, 0.5) is 11.4 Å². The van der Waals surface area contributed by atoms with E-state index < -0.39 is 0 Å². The van der Waals surface area contributed by atoms with Crippen LogP contribution in [0, 0.1) is 0 Å². The van der Waals surface area contributed by atoms with Gasteiger partial charge in [-0.25, -0.2) is 0 Å². The maximum atomic E-state index is 12.1. The molecular formula is C16H25N3O2. The highest BCUT2D eigenvalue weighted by molar-refractivity contribution is 5.95. The molecule has 0 bridgehead atoms. The van der Waals surface area contributed by atoms with E-state index >= 15 is 0 Å². The first-order valence-electron chi connectivity index (χ1n) is 7.74. The summed E-state index contributed by atoms with van der Waals surface area (Å²) in [4.78, 5) is 14.2. The zero-order valence-corrected chi connectivity index (χ0v) is 12.6. The minimum atomic E-state index is -0.0695. The molecule has 0 radical (unpaired) electrons. The number of aliphatic hydroxyl groups excluding tert-OH is 1. The number of nitrogens with one attached hydrogen (secondary N) is 2. The Morgan fingerprint density at radius 3 is 2.71 bits per heavy atom. The topological polar surface area (TPSA) is 64.6 Å². The normalized spacial score (nSPS) is 18.3. The van der Waals surface area contributed by atoms with Crippen LogP contribution in [0.25, 0.3) is 0 Å². The number of aliphatic hydroxyl groups is 1. The quantitative estimate of drug-likeness (QED) is 0.745. The van der Waals surface area contributed by atoms with Crippen molar-refractivity contribution in [3.8, 4) is 0 Å². The van der Waals surface area contributed by atoms with Crippen LogP contribution in [0.5, 0.6) is 0 Å². The second-order valence-corrected chi connectivity index (χ2v) is 5.34. The van der Waals surface area contributed by atoms with E-state index in [1.54, 1.807) is 0 Å². The summed E-state index contributed by atoms with van der Waals surface area (Å²) in [5, 5.41) is 15.2. The van der Waals surface area contributed by atoms with Gasteiger partial charge in [0.2, 0.25) is 5.91 Å². The van der Waals surface area contributed by atoms with E-state index in [0.29, 0.717) is 6.54 Å². The van der Waals surface area contributed by atoms with E-state index in [0.717, 1.165) is 43.7 Å². The monoisotopic (exact) mass is 291 g/mol. The molecule has 1 saturated heterocycles. The molecule has 21 heavy (non-hydrogen) atoms. The number of nitrogens with zero attached hydrogens (tertiary/aromatic N) is 1. The molecule has 0 unspecified atom stereocenters. The lowest BCUT2D eigenvalue weighted by molar-refractivity contribution is -0.118. The van der Waals surface area contributed by atoms with E-state index in [1.165, 1.54) is 0 Å². The molecule has 0 saturated carbocycles. The van der Waals surface area contributed by atoms with Crippen molar-refractivity contribution in [2.45, 2.75) is 32.2 Å². The van der Waals surface area contributed by atoms with Crippen LogP contribution >= 0.6 is 0 Å². The molecule has 3 N–H and O–H groups in total. The minimum Gasteiger partial charge on any atom is -0.395 e. The Balaban J connectivity index is 1.93. The van der Waals surface area contributed by atoms with Crippen molar-refractivity contribution in [3.05, 3.63) is 24.3 Å². The number of amides is 1. The summed E-state index contributed by atoms with van der Waals surface area (Å²) in [7, 11) is 0. The van der Waals surface area contributed by atoms with Gasteiger partial charge in [0.25, 0.3) is 0 Å². The second-order valence-electron chi connectivity index (χ2n) is 5.34. The predicted octanol–water partition coefficient (Wildman–Crippen LogP) is 1.59. The Morgan fingerprint density at radius 1 is 1.38 bits per heavy atom. The van der Waals surface area contributed by atoms with Gasteiger partial charge in [0.05, 0.1) is 12.6 Å². The molecule has 1 aromatic carbocycles. The van der Waals surface area contributed by atoms with Crippen LogP contribution in [0.3, 0.4) is 0 Å². The van der Waals surface area contributed by atoms with Crippen molar-refractivity contribution < 1.29 is 9.90 Å². The number of hydrogen-bond donors (Lipinski definition) is 3. The smallest absolute Gasteiger partial charge is 0.241 e. The van der Waals surface area contributed by atoms with Gasteiger partial charge in [0, 0.05) is 24.5 Å². The van der Waals surface area contributed by atoms with Gasteiger partial charge in [-0.3, -0.25) is 4.79 Å². The third kappa shape index (κ3) is 4.44. The number of likely N-dealkylation sites (N-methyl/N-ethyl adjacent to an activating group) is 1. The van der Waals surface area contributed by atoms with Crippen molar-refractivity contribution in [3.63, 3.8) is 0 Å². The lowest BCUT2D eigenvalue weighted by Gasteiger charge is -2.23. The summed E-state index contributed by atoms with van der Waals surface area (Å²) < 4.78 is 0. The summed E-state index contributed by atoms with van der Waals surface area (Å²) in [6.45, 7) is 4.58. The first kappa shape index (κ1) is 15.8. The summed E-state index contributed by atoms with van der Waals surface area (Å²) in [6, 6.07) is 7.71. The average molecular weight is 291 g/mol. The van der Waals surface area contributed by atoms with E-state index in [9.17, 15) is 4.79 Å². The van der Waals surface area contributed by atoms with Gasteiger partial charge in [0.15, 0.2) is 0 Å². The zero-order chi connectivity index (χ0) is 15.1. The molecule has 5 nitrogen and oxygen atoms in total. The zero-order valence-electron chi connectivity index (χ0n) is 12.6. The van der Waals surface area contributed by atoms with E-state index in [4.69, 9.17) is 5.11 Å². The molecule has 1 heterocycles. The van der Waals surface area contributed by atoms with Crippen LogP contribution in [0.15, 0.2) is 24.3 Å². The number of hydrogen-bond acceptors (Lipinski definition) is 4. The summed E-state index contributed by atoms with van der Waals surface area (Å²) in [5.74, 6) is 0.0464. The molecule has 0 aromatic heterocycles. The molecular weight excluding hydrogens is 266 g/mol. The Kier molecular flexibility index (Phi) is 6.02. The summed E-state index contributed by atoms with van der Waals surface area (Å²) in [5.41, 5.74) is 1.87. The molecule has 5 heteroatoms. The molecule has 1 aliphatic heterocycles. The summed E-state index contributed by atoms with van der Waals surface area (Å²) >= 11 is 0. The van der Waals surface area contributed by atoms with Gasteiger partial charge in [-0.2, -0.15) is 0 Å². The molecule has 0 aliphatic carbocycles. The number of benzene rings is 1. The first-order chi connectivity index (χ1) is 10.2. The highest BCUT2D eigenvalue weighted by Crippen LogP contribution is 2.18. The molecule has 1 amide bonds. The Labute approximate surface area is 126 Å². The molecule has 2 rings (SSSR count). The fourth-order valence-corrected chi connectivity index (χ4v) is 2.65. The van der Waals surface area contributed by atoms with E-state index in [2.05, 4.69) is 22.5 Å². The number of anilines is 2. The molecule has 1 aliphatic rings. The number of carbonyl (C=O) groups excluding carboxylic acids is 1. The van der Waals surface area contributed by atoms with Crippen LogP contribution in [0.1, 0.15) is 26.2 Å². The Morgan fingerprint density at radius 2 is 2.14 bits per heavy atom. The van der Waals surface area contributed by atoms with Crippen molar-refractivity contribution in [1.29, 1.82) is 0 Å². The van der Waals surface area contributed by atoms with Gasteiger partial charge in [0.1, 0.15) is 0 Å². The number of carbonyl (C=O) groups is 1. The summed E-state index contributed by atoms with van der Waals surface area (Å²) in [6.07, 6.45) is 3.16. The number of piperidine rings is 1. The van der Waals surface area contributed by atoms with Gasteiger partial charge in [-0.05, 0) is 50.6 Å². The van der Waals surface area contributed by atoms with E-state index in [1.807, 2.05) is 24.3 Å². The number of rotatable bonds is 6. The first-order valence-corrected chi connectivity index (χ1v) is 7.74. The molecule has 1 atom stereocenters. The van der Waals surface area contributed by atoms with Crippen molar-refractivity contribution in [2.24, 2.45) is 0 Å². The largest absolute Gasteiger partial charge is 0.395 e. The highest BCUT2D eigenvalue weighted by Gasteiger charge is 2.20. The van der Waals surface area contributed by atoms with Gasteiger partial charge in [-0.15, -0.1) is 0 Å². The molecule has 116 valence electrons. The van der Waals surface area contributed by atoms with Gasteiger partial charge in [-0.1, -0.05) is 6.42 Å². The van der Waals surface area contributed by atoms with Crippen LogP contribution < -0.4 is 15.5 Å². The highest BCUT2D eigenvalue weighted by atomic mass is 16.3. The predicted molar refractivity (Wildman–Crippen MR) is 85.7 cm³/mol. The Bertz CT molecular complexity index is 441. The third-order valence-electron chi connectivity index (χ3n) is 3.88. The van der Waals surface area contributed by atoms with Crippen LogP contribution in [-0.4, -0.2) is 43.3 Å². The standard InChI is InChI=1S/C16H25N3O2/c1-2-19(11-12-20)14-8-6-13(7-9-14)18-16(21)15-5-3-4-10-17-15/h6-9,15,17,20H,2-5,10-12H2,1H3,(H,18,21)/t15-/m1/s1.